The minimum atomic E-state index is -0.791. The lowest BCUT2D eigenvalue weighted by atomic mass is 9.77. The number of hydrogen-bond donors (Lipinski definition) is 2. The zero-order valence-electron chi connectivity index (χ0n) is 11.5. The van der Waals surface area contributed by atoms with Crippen LogP contribution in [0.3, 0.4) is 0 Å². The number of hydrogen-bond acceptors (Lipinski definition) is 4. The first-order valence-electron chi connectivity index (χ1n) is 6.73. The lowest BCUT2D eigenvalue weighted by Crippen LogP contribution is -2.48. The third-order valence-corrected chi connectivity index (χ3v) is 4.06. The second-order valence-electron chi connectivity index (χ2n) is 5.20. The monoisotopic (exact) mass is 277 g/mol. The van der Waals surface area contributed by atoms with Gasteiger partial charge in [-0.1, -0.05) is 6.92 Å². The molecule has 1 unspecified atom stereocenters. The number of amides is 1. The molecule has 2 heterocycles. The maximum absolute atomic E-state index is 11.6. The molecule has 2 rings (SSSR count). The van der Waals surface area contributed by atoms with E-state index in [1.807, 2.05) is 11.8 Å². The number of piperidine rings is 1. The summed E-state index contributed by atoms with van der Waals surface area (Å²) in [5.74, 6) is -0.851. The fourth-order valence-corrected chi connectivity index (χ4v) is 2.77. The zero-order valence-corrected chi connectivity index (χ0v) is 11.5. The van der Waals surface area contributed by atoms with Crippen LogP contribution in [0.1, 0.15) is 36.5 Å². The van der Waals surface area contributed by atoms with Crippen molar-refractivity contribution in [2.45, 2.75) is 26.2 Å². The standard InChI is InChI=1S/C14H19N3O3/c1-2-14(13(19)20)6-4-8-17(9-14)12-10(11(15)18)5-3-7-16-12/h3,5,7H,2,4,6,8-9H2,1H3,(H2,15,18)(H,19,20). The van der Waals surface area contributed by atoms with E-state index in [1.165, 1.54) is 0 Å². The Hall–Kier alpha value is -2.11. The molecule has 0 aliphatic carbocycles. The average Bonchev–Trinajstić information content (AvgIpc) is 2.47. The van der Waals surface area contributed by atoms with E-state index in [-0.39, 0.29) is 0 Å². The van der Waals surface area contributed by atoms with Crippen LogP contribution in [0, 0.1) is 5.41 Å². The van der Waals surface area contributed by atoms with Crippen LogP contribution < -0.4 is 10.6 Å². The van der Waals surface area contributed by atoms with Crippen LogP contribution in [-0.2, 0) is 4.79 Å². The second-order valence-corrected chi connectivity index (χ2v) is 5.20. The van der Waals surface area contributed by atoms with Crippen LogP contribution in [0.5, 0.6) is 0 Å². The Morgan fingerprint density at radius 2 is 2.30 bits per heavy atom. The average molecular weight is 277 g/mol. The van der Waals surface area contributed by atoms with Crippen molar-refractivity contribution in [1.29, 1.82) is 0 Å². The Labute approximate surface area is 117 Å². The number of nitrogens with two attached hydrogens (primary N) is 1. The van der Waals surface area contributed by atoms with Gasteiger partial charge >= 0.3 is 5.97 Å². The number of primary amides is 1. The highest BCUT2D eigenvalue weighted by molar-refractivity contribution is 5.97. The number of carboxylic acid groups (broad SMARTS) is 1. The van der Waals surface area contributed by atoms with E-state index < -0.39 is 17.3 Å². The third kappa shape index (κ3) is 2.45. The molecular weight excluding hydrogens is 258 g/mol. The molecule has 20 heavy (non-hydrogen) atoms. The molecule has 1 amide bonds. The van der Waals surface area contributed by atoms with Crippen LogP contribution >= 0.6 is 0 Å². The minimum absolute atomic E-state index is 0.338. The summed E-state index contributed by atoms with van der Waals surface area (Å²) in [6.45, 7) is 2.92. The molecule has 1 aromatic rings. The van der Waals surface area contributed by atoms with Crippen molar-refractivity contribution in [3.63, 3.8) is 0 Å². The van der Waals surface area contributed by atoms with Crippen LogP contribution in [0.15, 0.2) is 18.3 Å². The van der Waals surface area contributed by atoms with Crippen LogP contribution in [0.4, 0.5) is 5.82 Å². The number of carboxylic acids is 1. The fraction of sp³-hybridized carbons (Fsp3) is 0.500. The fourth-order valence-electron chi connectivity index (χ4n) is 2.77. The summed E-state index contributed by atoms with van der Waals surface area (Å²) in [5, 5.41) is 9.49. The van der Waals surface area contributed by atoms with E-state index in [9.17, 15) is 14.7 Å². The van der Waals surface area contributed by atoms with Gasteiger partial charge in [-0.2, -0.15) is 0 Å². The molecule has 1 aromatic heterocycles. The molecule has 0 spiro atoms. The highest BCUT2D eigenvalue weighted by atomic mass is 16.4. The lowest BCUT2D eigenvalue weighted by molar-refractivity contribution is -0.149. The Balaban J connectivity index is 2.34. The first-order valence-corrected chi connectivity index (χ1v) is 6.73. The van der Waals surface area contributed by atoms with Gasteiger partial charge in [-0.15, -0.1) is 0 Å². The number of carbonyl (C=O) groups is 2. The number of aromatic nitrogens is 1. The zero-order chi connectivity index (χ0) is 14.8. The molecule has 0 aromatic carbocycles. The molecule has 108 valence electrons. The summed E-state index contributed by atoms with van der Waals surface area (Å²) in [7, 11) is 0. The Kier molecular flexibility index (Phi) is 3.92. The Morgan fingerprint density at radius 1 is 1.55 bits per heavy atom. The first-order chi connectivity index (χ1) is 9.50. The van der Waals surface area contributed by atoms with Gasteiger partial charge in [0.25, 0.3) is 5.91 Å². The number of anilines is 1. The molecule has 1 atom stereocenters. The normalized spacial score (nSPS) is 22.6. The molecule has 1 aliphatic rings. The van der Waals surface area contributed by atoms with Crippen molar-refractivity contribution in [2.75, 3.05) is 18.0 Å². The molecule has 0 bridgehead atoms. The van der Waals surface area contributed by atoms with Gasteiger partial charge in [0.1, 0.15) is 5.82 Å². The number of pyridine rings is 1. The predicted octanol–water partition coefficient (Wildman–Crippen LogP) is 1.26. The van der Waals surface area contributed by atoms with Crippen LogP contribution in [0.25, 0.3) is 0 Å². The van der Waals surface area contributed by atoms with Crippen molar-refractivity contribution < 1.29 is 14.7 Å². The van der Waals surface area contributed by atoms with E-state index in [1.54, 1.807) is 18.3 Å². The smallest absolute Gasteiger partial charge is 0.311 e. The molecule has 1 fully saturated rings. The van der Waals surface area contributed by atoms with E-state index >= 15 is 0 Å². The summed E-state index contributed by atoms with van der Waals surface area (Å²) < 4.78 is 0. The van der Waals surface area contributed by atoms with Gasteiger partial charge in [0, 0.05) is 19.3 Å². The second kappa shape index (κ2) is 5.48. The molecule has 0 saturated carbocycles. The van der Waals surface area contributed by atoms with E-state index in [4.69, 9.17) is 5.73 Å². The third-order valence-electron chi connectivity index (χ3n) is 4.06. The number of rotatable bonds is 4. The Bertz CT molecular complexity index is 532. The maximum atomic E-state index is 11.6. The van der Waals surface area contributed by atoms with Crippen molar-refractivity contribution in [1.82, 2.24) is 4.98 Å². The van der Waals surface area contributed by atoms with E-state index in [0.717, 1.165) is 6.42 Å². The van der Waals surface area contributed by atoms with Crippen molar-refractivity contribution in [3.8, 4) is 0 Å². The minimum Gasteiger partial charge on any atom is -0.481 e. The van der Waals surface area contributed by atoms with Crippen molar-refractivity contribution >= 4 is 17.7 Å². The van der Waals surface area contributed by atoms with Gasteiger partial charge in [0.2, 0.25) is 0 Å². The van der Waals surface area contributed by atoms with Gasteiger partial charge < -0.3 is 15.7 Å². The highest BCUT2D eigenvalue weighted by Crippen LogP contribution is 2.35. The molecule has 0 radical (unpaired) electrons. The maximum Gasteiger partial charge on any atom is 0.311 e. The molecule has 6 heteroatoms. The van der Waals surface area contributed by atoms with E-state index in [2.05, 4.69) is 4.98 Å². The quantitative estimate of drug-likeness (QED) is 0.863. The van der Waals surface area contributed by atoms with Gasteiger partial charge in [-0.3, -0.25) is 9.59 Å². The van der Waals surface area contributed by atoms with Gasteiger partial charge in [-0.25, -0.2) is 4.98 Å². The summed E-state index contributed by atoms with van der Waals surface area (Å²) in [5.41, 5.74) is 4.92. The van der Waals surface area contributed by atoms with Gasteiger partial charge in [0.05, 0.1) is 11.0 Å². The van der Waals surface area contributed by atoms with E-state index in [0.29, 0.717) is 37.3 Å². The van der Waals surface area contributed by atoms with Crippen molar-refractivity contribution in [3.05, 3.63) is 23.9 Å². The summed E-state index contributed by atoms with van der Waals surface area (Å²) in [6.07, 6.45) is 3.55. The molecule has 6 nitrogen and oxygen atoms in total. The summed E-state index contributed by atoms with van der Waals surface area (Å²) >= 11 is 0. The SMILES string of the molecule is CCC1(C(=O)O)CCCN(c2ncccc2C(N)=O)C1. The predicted molar refractivity (Wildman–Crippen MR) is 74.6 cm³/mol. The largest absolute Gasteiger partial charge is 0.481 e. The molecular formula is C14H19N3O3. The highest BCUT2D eigenvalue weighted by Gasteiger charge is 2.41. The topological polar surface area (TPSA) is 96.5 Å². The Morgan fingerprint density at radius 3 is 2.90 bits per heavy atom. The summed E-state index contributed by atoms with van der Waals surface area (Å²) in [4.78, 5) is 29.1. The van der Waals surface area contributed by atoms with Crippen molar-refractivity contribution in [2.24, 2.45) is 11.1 Å². The molecule has 3 N–H and O–H groups in total. The van der Waals surface area contributed by atoms with Crippen LogP contribution in [0.2, 0.25) is 0 Å². The van der Waals surface area contributed by atoms with Gasteiger partial charge in [0.15, 0.2) is 0 Å². The number of carbonyl (C=O) groups excluding carboxylic acids is 1. The van der Waals surface area contributed by atoms with Gasteiger partial charge in [-0.05, 0) is 31.4 Å². The van der Waals surface area contributed by atoms with Crippen LogP contribution in [-0.4, -0.2) is 35.1 Å². The lowest BCUT2D eigenvalue weighted by Gasteiger charge is -2.40. The molecule has 1 aliphatic heterocycles. The first kappa shape index (κ1) is 14.3. The summed E-state index contributed by atoms with van der Waals surface area (Å²) in [6, 6.07) is 3.27. The molecule has 1 saturated heterocycles. The number of aliphatic carboxylic acids is 1. The number of nitrogens with zero attached hydrogens (tertiary/aromatic N) is 2.